The maximum Gasteiger partial charge on any atom is 0.274 e. The average Bonchev–Trinajstić information content (AvgIpc) is 3.43. The van der Waals surface area contributed by atoms with E-state index in [1.807, 2.05) is 24.3 Å². The normalized spacial score (nSPS) is 12.5. The van der Waals surface area contributed by atoms with Crippen LogP contribution in [-0.2, 0) is 11.3 Å². The number of fused-ring (bicyclic) bond motifs is 1. The van der Waals surface area contributed by atoms with E-state index in [-0.39, 0.29) is 12.5 Å². The van der Waals surface area contributed by atoms with Crippen LogP contribution in [0.1, 0.15) is 0 Å². The fourth-order valence-electron chi connectivity index (χ4n) is 3.29. The number of nitrogens with one attached hydrogen (secondary N) is 1. The van der Waals surface area contributed by atoms with E-state index in [1.165, 1.54) is 0 Å². The number of carbonyl (C=O) groups is 1. The van der Waals surface area contributed by atoms with Gasteiger partial charge in [0.25, 0.3) is 5.89 Å². The largest absolute Gasteiger partial charge is 0.486 e. The molecule has 4 aromatic rings. The van der Waals surface area contributed by atoms with E-state index in [0.29, 0.717) is 52.8 Å². The van der Waals surface area contributed by atoms with Crippen molar-refractivity contribution >= 4 is 23.2 Å². The summed E-state index contributed by atoms with van der Waals surface area (Å²) in [6.45, 7) is 1.08. The zero-order valence-corrected chi connectivity index (χ0v) is 17.0. The molecular formula is C22H17ClN4O4. The number of benzene rings is 2. The summed E-state index contributed by atoms with van der Waals surface area (Å²) >= 11 is 6.04. The Balaban J connectivity index is 1.31. The van der Waals surface area contributed by atoms with Gasteiger partial charge in [-0.05, 0) is 36.4 Å². The molecule has 0 saturated heterocycles. The second-order valence-corrected chi connectivity index (χ2v) is 7.30. The molecule has 2 aromatic heterocycles. The second-order valence-electron chi connectivity index (χ2n) is 6.86. The smallest absolute Gasteiger partial charge is 0.274 e. The van der Waals surface area contributed by atoms with E-state index in [1.54, 1.807) is 41.1 Å². The second kappa shape index (κ2) is 8.16. The Hall–Kier alpha value is -3.78. The first kappa shape index (κ1) is 19.2. The fourth-order valence-corrected chi connectivity index (χ4v) is 3.49. The number of anilines is 1. The third-order valence-corrected chi connectivity index (χ3v) is 4.93. The third-order valence-electron chi connectivity index (χ3n) is 4.70. The summed E-state index contributed by atoms with van der Waals surface area (Å²) in [7, 11) is 0. The van der Waals surface area contributed by atoms with Gasteiger partial charge in [-0.15, -0.1) is 0 Å². The summed E-state index contributed by atoms with van der Waals surface area (Å²) in [5.74, 6) is 1.82. The van der Waals surface area contributed by atoms with Crippen molar-refractivity contribution < 1.29 is 18.8 Å². The van der Waals surface area contributed by atoms with E-state index in [2.05, 4.69) is 15.5 Å². The van der Waals surface area contributed by atoms with Crippen molar-refractivity contribution in [1.82, 2.24) is 14.7 Å². The molecular weight excluding hydrogens is 420 g/mol. The maximum atomic E-state index is 12.6. The first-order valence-electron chi connectivity index (χ1n) is 9.60. The molecule has 3 heterocycles. The molecule has 0 spiro atoms. The minimum absolute atomic E-state index is 0.0751. The van der Waals surface area contributed by atoms with Crippen molar-refractivity contribution in [2.45, 2.75) is 6.54 Å². The van der Waals surface area contributed by atoms with Crippen molar-refractivity contribution in [3.05, 3.63) is 65.8 Å². The lowest BCUT2D eigenvalue weighted by molar-refractivity contribution is -0.116. The molecule has 0 bridgehead atoms. The van der Waals surface area contributed by atoms with Crippen LogP contribution >= 0.6 is 11.6 Å². The summed E-state index contributed by atoms with van der Waals surface area (Å²) in [4.78, 5) is 17.1. The summed E-state index contributed by atoms with van der Waals surface area (Å²) in [6, 6.07) is 16.1. The molecule has 0 fully saturated rings. The summed E-state index contributed by atoms with van der Waals surface area (Å²) in [5.41, 5.74) is 2.01. The lowest BCUT2D eigenvalue weighted by Crippen LogP contribution is -2.19. The van der Waals surface area contributed by atoms with Gasteiger partial charge in [0.05, 0.1) is 0 Å². The standard InChI is InChI=1S/C22H17ClN4O4/c23-15-4-1-3-14(11-15)21-25-22(31-26-21)17-5-2-8-27(17)13-20(28)24-16-6-7-18-19(12-16)30-10-9-29-18/h1-8,11-12H,9-10,13H2,(H,24,28). The van der Waals surface area contributed by atoms with Gasteiger partial charge in [-0.2, -0.15) is 4.98 Å². The summed E-state index contributed by atoms with van der Waals surface area (Å²) < 4.78 is 18.2. The number of hydrogen-bond donors (Lipinski definition) is 1. The summed E-state index contributed by atoms with van der Waals surface area (Å²) in [6.07, 6.45) is 1.78. The van der Waals surface area contributed by atoms with E-state index >= 15 is 0 Å². The Morgan fingerprint density at radius 2 is 1.94 bits per heavy atom. The zero-order chi connectivity index (χ0) is 21.2. The molecule has 156 valence electrons. The minimum atomic E-state index is -0.205. The molecule has 0 radical (unpaired) electrons. The monoisotopic (exact) mass is 436 g/mol. The first-order valence-corrected chi connectivity index (χ1v) is 9.98. The molecule has 0 aliphatic carbocycles. The predicted octanol–water partition coefficient (Wildman–Crippen LogP) is 4.27. The number of nitrogens with zero attached hydrogens (tertiary/aromatic N) is 3. The Bertz CT molecular complexity index is 1250. The lowest BCUT2D eigenvalue weighted by atomic mass is 10.2. The Morgan fingerprint density at radius 1 is 1.06 bits per heavy atom. The molecule has 1 aliphatic rings. The van der Waals surface area contributed by atoms with Crippen molar-refractivity contribution in [1.29, 1.82) is 0 Å². The van der Waals surface area contributed by atoms with E-state index in [0.717, 1.165) is 5.56 Å². The van der Waals surface area contributed by atoms with Crippen LogP contribution in [0, 0.1) is 0 Å². The number of aromatic nitrogens is 3. The molecule has 0 atom stereocenters. The van der Waals surface area contributed by atoms with Crippen LogP contribution in [-0.4, -0.2) is 33.8 Å². The number of carbonyl (C=O) groups excluding carboxylic acids is 1. The molecule has 1 amide bonds. The molecule has 0 saturated carbocycles. The number of amides is 1. The van der Waals surface area contributed by atoms with Crippen molar-refractivity contribution in [3.8, 4) is 34.5 Å². The highest BCUT2D eigenvalue weighted by atomic mass is 35.5. The molecule has 31 heavy (non-hydrogen) atoms. The maximum absolute atomic E-state index is 12.6. The zero-order valence-electron chi connectivity index (χ0n) is 16.2. The van der Waals surface area contributed by atoms with Gasteiger partial charge < -0.3 is 23.9 Å². The van der Waals surface area contributed by atoms with Crippen molar-refractivity contribution in [3.63, 3.8) is 0 Å². The van der Waals surface area contributed by atoms with Crippen LogP contribution < -0.4 is 14.8 Å². The first-order chi connectivity index (χ1) is 15.2. The Kier molecular flexibility index (Phi) is 5.05. The van der Waals surface area contributed by atoms with Gasteiger partial charge in [0, 0.05) is 28.5 Å². The van der Waals surface area contributed by atoms with Crippen LogP contribution in [0.2, 0.25) is 5.02 Å². The minimum Gasteiger partial charge on any atom is -0.486 e. The van der Waals surface area contributed by atoms with Gasteiger partial charge in [0.15, 0.2) is 11.5 Å². The van der Waals surface area contributed by atoms with Crippen LogP contribution in [0.15, 0.2) is 65.3 Å². The fraction of sp³-hybridized carbons (Fsp3) is 0.136. The summed E-state index contributed by atoms with van der Waals surface area (Å²) in [5, 5.41) is 7.48. The number of ether oxygens (including phenoxy) is 2. The highest BCUT2D eigenvalue weighted by Crippen LogP contribution is 2.32. The highest BCUT2D eigenvalue weighted by Gasteiger charge is 2.17. The van der Waals surface area contributed by atoms with Gasteiger partial charge in [-0.3, -0.25) is 4.79 Å². The molecule has 1 N–H and O–H groups in total. The van der Waals surface area contributed by atoms with Crippen LogP contribution in [0.5, 0.6) is 11.5 Å². The average molecular weight is 437 g/mol. The quantitative estimate of drug-likeness (QED) is 0.502. The van der Waals surface area contributed by atoms with E-state index < -0.39 is 0 Å². The molecule has 0 unspecified atom stereocenters. The molecule has 9 heteroatoms. The lowest BCUT2D eigenvalue weighted by Gasteiger charge is -2.19. The van der Waals surface area contributed by atoms with Gasteiger partial charge in [-0.1, -0.05) is 28.9 Å². The van der Waals surface area contributed by atoms with E-state index in [4.69, 9.17) is 25.6 Å². The van der Waals surface area contributed by atoms with Gasteiger partial charge in [0.2, 0.25) is 11.7 Å². The number of hydrogen-bond acceptors (Lipinski definition) is 6. The Morgan fingerprint density at radius 3 is 2.81 bits per heavy atom. The van der Waals surface area contributed by atoms with Gasteiger partial charge >= 0.3 is 0 Å². The topological polar surface area (TPSA) is 91.4 Å². The highest BCUT2D eigenvalue weighted by molar-refractivity contribution is 6.30. The molecule has 2 aromatic carbocycles. The van der Waals surface area contributed by atoms with Crippen LogP contribution in [0.4, 0.5) is 5.69 Å². The van der Waals surface area contributed by atoms with Crippen molar-refractivity contribution in [2.75, 3.05) is 18.5 Å². The van der Waals surface area contributed by atoms with E-state index in [9.17, 15) is 4.79 Å². The van der Waals surface area contributed by atoms with Gasteiger partial charge in [0.1, 0.15) is 25.5 Å². The molecule has 5 rings (SSSR count). The Labute approximate surface area is 182 Å². The van der Waals surface area contributed by atoms with Crippen LogP contribution in [0.25, 0.3) is 23.0 Å². The number of rotatable bonds is 5. The molecule has 1 aliphatic heterocycles. The van der Waals surface area contributed by atoms with Crippen LogP contribution in [0.3, 0.4) is 0 Å². The predicted molar refractivity (Wildman–Crippen MR) is 114 cm³/mol. The molecule has 8 nitrogen and oxygen atoms in total. The van der Waals surface area contributed by atoms with Gasteiger partial charge in [-0.25, -0.2) is 0 Å². The van der Waals surface area contributed by atoms with Crippen molar-refractivity contribution in [2.24, 2.45) is 0 Å². The third kappa shape index (κ3) is 4.10. The number of halogens is 1. The SMILES string of the molecule is O=C(Cn1cccc1-c1nc(-c2cccc(Cl)c2)no1)Nc1ccc2c(c1)OCCO2.